The second kappa shape index (κ2) is 5.70. The molecule has 0 aliphatic carbocycles. The molecule has 0 spiro atoms. The van der Waals surface area contributed by atoms with Crippen molar-refractivity contribution < 1.29 is 19.1 Å². The number of carbonyl (C=O) groups excluding carboxylic acids is 2. The first kappa shape index (κ1) is 12.0. The van der Waals surface area contributed by atoms with E-state index >= 15 is 0 Å². The first-order valence-corrected chi connectivity index (χ1v) is 4.67. The van der Waals surface area contributed by atoms with Crippen LogP contribution in [0.25, 0.3) is 6.08 Å². The summed E-state index contributed by atoms with van der Waals surface area (Å²) in [5, 5.41) is 0. The summed E-state index contributed by atoms with van der Waals surface area (Å²) in [6.07, 6.45) is 1.45. The van der Waals surface area contributed by atoms with Crippen molar-refractivity contribution in [3.63, 3.8) is 0 Å². The molecule has 1 aromatic carbocycles. The SMILES string of the molecule is COC(=O)C(=Cc1ccccc1)OC(C)=O. The van der Waals surface area contributed by atoms with Crippen molar-refractivity contribution in [3.8, 4) is 0 Å². The minimum absolute atomic E-state index is 0.124. The predicted molar refractivity (Wildman–Crippen MR) is 58.2 cm³/mol. The molecule has 0 aromatic heterocycles. The maximum absolute atomic E-state index is 11.3. The van der Waals surface area contributed by atoms with Gasteiger partial charge in [0.25, 0.3) is 0 Å². The summed E-state index contributed by atoms with van der Waals surface area (Å²) in [5.74, 6) is -1.37. The molecule has 0 bridgehead atoms. The van der Waals surface area contributed by atoms with Crippen LogP contribution in [0.2, 0.25) is 0 Å². The van der Waals surface area contributed by atoms with E-state index in [1.54, 1.807) is 12.1 Å². The summed E-state index contributed by atoms with van der Waals surface area (Å²) in [7, 11) is 1.23. The van der Waals surface area contributed by atoms with Gasteiger partial charge in [0.1, 0.15) is 0 Å². The summed E-state index contributed by atoms with van der Waals surface area (Å²) < 4.78 is 9.26. The van der Waals surface area contributed by atoms with Crippen molar-refractivity contribution in [1.82, 2.24) is 0 Å². The maximum Gasteiger partial charge on any atom is 0.374 e. The lowest BCUT2D eigenvalue weighted by Gasteiger charge is -2.04. The molecule has 0 aliphatic rings. The van der Waals surface area contributed by atoms with Gasteiger partial charge in [0.15, 0.2) is 0 Å². The third-order valence-corrected chi connectivity index (χ3v) is 1.74. The average molecular weight is 220 g/mol. The Morgan fingerprint density at radius 2 is 1.81 bits per heavy atom. The summed E-state index contributed by atoms with van der Waals surface area (Å²) in [5.41, 5.74) is 0.754. The van der Waals surface area contributed by atoms with E-state index in [2.05, 4.69) is 4.74 Å². The molecule has 1 aromatic rings. The van der Waals surface area contributed by atoms with Crippen LogP contribution in [-0.2, 0) is 19.1 Å². The molecule has 0 aliphatic heterocycles. The molecule has 0 heterocycles. The van der Waals surface area contributed by atoms with Gasteiger partial charge >= 0.3 is 11.9 Å². The summed E-state index contributed by atoms with van der Waals surface area (Å²) in [6.45, 7) is 1.22. The van der Waals surface area contributed by atoms with Crippen LogP contribution in [0.15, 0.2) is 36.1 Å². The van der Waals surface area contributed by atoms with Crippen molar-refractivity contribution >= 4 is 18.0 Å². The molecule has 84 valence electrons. The normalized spacial score (nSPS) is 10.8. The van der Waals surface area contributed by atoms with Crippen molar-refractivity contribution in [3.05, 3.63) is 41.7 Å². The Bertz CT molecular complexity index is 406. The molecular formula is C12H12O4. The fourth-order valence-corrected chi connectivity index (χ4v) is 1.09. The van der Waals surface area contributed by atoms with E-state index in [-0.39, 0.29) is 5.76 Å². The Hall–Kier alpha value is -2.10. The topological polar surface area (TPSA) is 52.6 Å². The molecular weight excluding hydrogens is 208 g/mol. The molecule has 0 amide bonds. The molecule has 0 atom stereocenters. The van der Waals surface area contributed by atoms with Gasteiger partial charge in [-0.25, -0.2) is 4.79 Å². The largest absolute Gasteiger partial charge is 0.463 e. The zero-order valence-electron chi connectivity index (χ0n) is 9.10. The van der Waals surface area contributed by atoms with E-state index in [0.717, 1.165) is 5.56 Å². The Labute approximate surface area is 93.5 Å². The minimum atomic E-state index is -0.681. The number of ether oxygens (including phenoxy) is 2. The summed E-state index contributed by atoms with van der Waals surface area (Å²) >= 11 is 0. The second-order valence-corrected chi connectivity index (χ2v) is 3.00. The van der Waals surface area contributed by atoms with Crippen LogP contribution in [-0.4, -0.2) is 19.0 Å². The molecule has 4 nitrogen and oxygen atoms in total. The molecule has 0 unspecified atom stereocenters. The van der Waals surface area contributed by atoms with Crippen LogP contribution in [0.3, 0.4) is 0 Å². The number of methoxy groups -OCH3 is 1. The predicted octanol–water partition coefficient (Wildman–Crippen LogP) is 1.76. The van der Waals surface area contributed by atoms with Gasteiger partial charge in [-0.15, -0.1) is 0 Å². The van der Waals surface area contributed by atoms with Crippen LogP contribution in [0, 0.1) is 0 Å². The minimum Gasteiger partial charge on any atom is -0.463 e. The van der Waals surface area contributed by atoms with E-state index < -0.39 is 11.9 Å². The molecule has 0 fully saturated rings. The van der Waals surface area contributed by atoms with E-state index in [1.807, 2.05) is 18.2 Å². The van der Waals surface area contributed by atoms with Crippen molar-refractivity contribution in [2.24, 2.45) is 0 Å². The Morgan fingerprint density at radius 3 is 2.31 bits per heavy atom. The average Bonchev–Trinajstić information content (AvgIpc) is 2.28. The van der Waals surface area contributed by atoms with E-state index in [9.17, 15) is 9.59 Å². The number of hydrogen-bond donors (Lipinski definition) is 0. The fourth-order valence-electron chi connectivity index (χ4n) is 1.09. The quantitative estimate of drug-likeness (QED) is 0.442. The van der Waals surface area contributed by atoms with Gasteiger partial charge in [-0.05, 0) is 11.6 Å². The lowest BCUT2D eigenvalue weighted by molar-refractivity contribution is -0.148. The lowest BCUT2D eigenvalue weighted by Crippen LogP contribution is -2.10. The first-order valence-electron chi connectivity index (χ1n) is 4.67. The molecule has 0 saturated carbocycles. The fraction of sp³-hybridized carbons (Fsp3) is 0.167. The highest BCUT2D eigenvalue weighted by Crippen LogP contribution is 2.09. The third-order valence-electron chi connectivity index (χ3n) is 1.74. The molecule has 0 saturated heterocycles. The van der Waals surface area contributed by atoms with Gasteiger partial charge in [0.2, 0.25) is 5.76 Å². The number of carbonyl (C=O) groups is 2. The van der Waals surface area contributed by atoms with Gasteiger partial charge < -0.3 is 9.47 Å². The van der Waals surface area contributed by atoms with Gasteiger partial charge in [-0.2, -0.15) is 0 Å². The van der Waals surface area contributed by atoms with Crippen molar-refractivity contribution in [2.45, 2.75) is 6.92 Å². The Morgan fingerprint density at radius 1 is 1.19 bits per heavy atom. The van der Waals surface area contributed by atoms with Gasteiger partial charge in [-0.3, -0.25) is 4.79 Å². The highest BCUT2D eigenvalue weighted by atomic mass is 16.6. The second-order valence-electron chi connectivity index (χ2n) is 3.00. The summed E-state index contributed by atoms with van der Waals surface area (Å²) in [6, 6.07) is 9.04. The standard InChI is InChI=1S/C12H12O4/c1-9(13)16-11(12(14)15-2)8-10-6-4-3-5-7-10/h3-8H,1-2H3. The first-order chi connectivity index (χ1) is 7.63. The van der Waals surface area contributed by atoms with Gasteiger partial charge in [0.05, 0.1) is 7.11 Å². The molecule has 1 rings (SSSR count). The van der Waals surface area contributed by atoms with E-state index in [4.69, 9.17) is 4.74 Å². The van der Waals surface area contributed by atoms with E-state index in [1.165, 1.54) is 20.1 Å². The highest BCUT2D eigenvalue weighted by Gasteiger charge is 2.13. The van der Waals surface area contributed by atoms with Crippen LogP contribution >= 0.6 is 0 Å². The van der Waals surface area contributed by atoms with Crippen LogP contribution in [0.4, 0.5) is 0 Å². The molecule has 0 radical (unpaired) electrons. The van der Waals surface area contributed by atoms with Crippen molar-refractivity contribution in [1.29, 1.82) is 0 Å². The molecule has 16 heavy (non-hydrogen) atoms. The van der Waals surface area contributed by atoms with Crippen LogP contribution in [0.1, 0.15) is 12.5 Å². The Kier molecular flexibility index (Phi) is 4.27. The molecule has 0 N–H and O–H groups in total. The number of hydrogen-bond acceptors (Lipinski definition) is 4. The van der Waals surface area contributed by atoms with E-state index in [0.29, 0.717) is 0 Å². The highest BCUT2D eigenvalue weighted by molar-refractivity contribution is 5.93. The van der Waals surface area contributed by atoms with Crippen LogP contribution in [0.5, 0.6) is 0 Å². The lowest BCUT2D eigenvalue weighted by atomic mass is 10.2. The number of rotatable bonds is 3. The van der Waals surface area contributed by atoms with Crippen LogP contribution < -0.4 is 0 Å². The maximum atomic E-state index is 11.3. The monoisotopic (exact) mass is 220 g/mol. The third kappa shape index (κ3) is 3.57. The smallest absolute Gasteiger partial charge is 0.374 e. The zero-order chi connectivity index (χ0) is 12.0. The van der Waals surface area contributed by atoms with Gasteiger partial charge in [-0.1, -0.05) is 30.3 Å². The molecule has 4 heteroatoms. The van der Waals surface area contributed by atoms with Crippen molar-refractivity contribution in [2.75, 3.05) is 7.11 Å². The van der Waals surface area contributed by atoms with Gasteiger partial charge in [0, 0.05) is 6.92 Å². The zero-order valence-corrected chi connectivity index (χ0v) is 9.10. The number of benzene rings is 1. The Balaban J connectivity index is 2.96. The number of esters is 2. The summed E-state index contributed by atoms with van der Waals surface area (Å²) in [4.78, 5) is 22.1.